The molecule has 1 aromatic carbocycles. The highest BCUT2D eigenvalue weighted by molar-refractivity contribution is 8.00. The van der Waals surface area contributed by atoms with E-state index in [1.807, 2.05) is 44.4 Å². The van der Waals surface area contributed by atoms with Crippen LogP contribution >= 0.6 is 34.9 Å². The van der Waals surface area contributed by atoms with Crippen molar-refractivity contribution in [3.63, 3.8) is 0 Å². The van der Waals surface area contributed by atoms with E-state index in [1.54, 1.807) is 23.1 Å². The number of nitrogens with one attached hydrogen (secondary N) is 1. The molecule has 0 aliphatic heterocycles. The van der Waals surface area contributed by atoms with Gasteiger partial charge in [-0.25, -0.2) is 9.97 Å². The highest BCUT2D eigenvalue weighted by Crippen LogP contribution is 2.37. The Morgan fingerprint density at radius 2 is 1.92 bits per heavy atom. The number of benzene rings is 1. The SMILES string of the molecule is CSc1ccccc1NC(=O)[C@H](C)Sc1nc(C)nc2sc(C)c(C)c12. The van der Waals surface area contributed by atoms with Crippen molar-refractivity contribution >= 4 is 56.7 Å². The molecule has 3 aromatic rings. The third-order valence-electron chi connectivity index (χ3n) is 4.13. The van der Waals surface area contributed by atoms with Gasteiger partial charge >= 0.3 is 0 Å². The summed E-state index contributed by atoms with van der Waals surface area (Å²) in [5.74, 6) is 0.715. The van der Waals surface area contributed by atoms with Crippen LogP contribution in [0.5, 0.6) is 0 Å². The molecule has 0 fully saturated rings. The van der Waals surface area contributed by atoms with Crippen LogP contribution in [-0.2, 0) is 4.79 Å². The van der Waals surface area contributed by atoms with Crippen molar-refractivity contribution < 1.29 is 4.79 Å². The van der Waals surface area contributed by atoms with E-state index in [4.69, 9.17) is 0 Å². The number of aromatic nitrogens is 2. The fraction of sp³-hybridized carbons (Fsp3) is 0.316. The first kappa shape index (κ1) is 19.2. The second-order valence-electron chi connectivity index (χ2n) is 5.99. The molecule has 0 saturated carbocycles. The highest BCUT2D eigenvalue weighted by atomic mass is 32.2. The third kappa shape index (κ3) is 3.89. The number of anilines is 1. The van der Waals surface area contributed by atoms with Crippen molar-refractivity contribution in [1.82, 2.24) is 9.97 Å². The number of aryl methyl sites for hydroxylation is 3. The monoisotopic (exact) mass is 403 g/mol. The first-order chi connectivity index (χ1) is 12.4. The molecule has 136 valence electrons. The van der Waals surface area contributed by atoms with Crippen LogP contribution < -0.4 is 5.32 Å². The lowest BCUT2D eigenvalue weighted by atomic mass is 10.2. The molecule has 0 bridgehead atoms. The van der Waals surface area contributed by atoms with Crippen LogP contribution in [0.3, 0.4) is 0 Å². The number of thiophene rings is 1. The zero-order valence-corrected chi connectivity index (χ0v) is 17.9. The van der Waals surface area contributed by atoms with Gasteiger partial charge in [0.2, 0.25) is 5.91 Å². The van der Waals surface area contributed by atoms with E-state index in [0.717, 1.165) is 31.6 Å². The van der Waals surface area contributed by atoms with Gasteiger partial charge in [-0.1, -0.05) is 23.9 Å². The second-order valence-corrected chi connectivity index (χ2v) is 9.37. The predicted octanol–water partition coefficient (Wildman–Crippen LogP) is 5.46. The van der Waals surface area contributed by atoms with Crippen molar-refractivity contribution in [1.29, 1.82) is 0 Å². The molecule has 0 aliphatic rings. The van der Waals surface area contributed by atoms with Crippen molar-refractivity contribution in [3.05, 3.63) is 40.5 Å². The summed E-state index contributed by atoms with van der Waals surface area (Å²) in [6.07, 6.45) is 2.01. The first-order valence-corrected chi connectivity index (χ1v) is 11.2. The largest absolute Gasteiger partial charge is 0.324 e. The lowest BCUT2D eigenvalue weighted by Gasteiger charge is -2.14. The molecule has 1 amide bonds. The second kappa shape index (κ2) is 7.98. The van der Waals surface area contributed by atoms with Crippen molar-refractivity contribution in [2.24, 2.45) is 0 Å². The van der Waals surface area contributed by atoms with Crippen molar-refractivity contribution in [2.75, 3.05) is 11.6 Å². The molecule has 26 heavy (non-hydrogen) atoms. The van der Waals surface area contributed by atoms with Crippen LogP contribution in [0.25, 0.3) is 10.2 Å². The number of hydrogen-bond donors (Lipinski definition) is 1. The van der Waals surface area contributed by atoms with Crippen LogP contribution in [-0.4, -0.2) is 27.4 Å². The van der Waals surface area contributed by atoms with E-state index in [9.17, 15) is 4.79 Å². The van der Waals surface area contributed by atoms with E-state index < -0.39 is 0 Å². The van der Waals surface area contributed by atoms with E-state index in [1.165, 1.54) is 22.2 Å². The van der Waals surface area contributed by atoms with Gasteiger partial charge < -0.3 is 5.32 Å². The Morgan fingerprint density at radius 3 is 2.65 bits per heavy atom. The van der Waals surface area contributed by atoms with Gasteiger partial charge in [-0.3, -0.25) is 4.79 Å². The average molecular weight is 404 g/mol. The Bertz CT molecular complexity index is 968. The van der Waals surface area contributed by atoms with Crippen LogP contribution in [0.4, 0.5) is 5.69 Å². The summed E-state index contributed by atoms with van der Waals surface area (Å²) in [5, 5.41) is 4.74. The Morgan fingerprint density at radius 1 is 1.19 bits per heavy atom. The molecular formula is C19H21N3OS3. The topological polar surface area (TPSA) is 54.9 Å². The van der Waals surface area contributed by atoms with Gasteiger partial charge in [0.1, 0.15) is 15.7 Å². The van der Waals surface area contributed by atoms with Gasteiger partial charge in [0.15, 0.2) is 0 Å². The molecule has 7 heteroatoms. The normalized spacial score (nSPS) is 12.3. The molecule has 4 nitrogen and oxygen atoms in total. The summed E-state index contributed by atoms with van der Waals surface area (Å²) in [4.78, 5) is 25.2. The van der Waals surface area contributed by atoms with Crippen LogP contribution in [0, 0.1) is 20.8 Å². The number of carbonyl (C=O) groups excluding carboxylic acids is 1. The Kier molecular flexibility index (Phi) is 5.89. The number of para-hydroxylation sites is 1. The number of fused-ring (bicyclic) bond motifs is 1. The molecule has 0 radical (unpaired) electrons. The number of hydrogen-bond acceptors (Lipinski definition) is 6. The lowest BCUT2D eigenvalue weighted by Crippen LogP contribution is -2.23. The molecule has 1 N–H and O–H groups in total. The molecule has 0 aliphatic carbocycles. The van der Waals surface area contributed by atoms with E-state index in [-0.39, 0.29) is 11.2 Å². The molecule has 2 heterocycles. The average Bonchev–Trinajstić information content (AvgIpc) is 2.89. The standard InChI is InChI=1S/C19H21N3OS3/c1-10-11(2)25-18-16(10)19(21-13(4)20-18)26-12(3)17(23)22-14-8-6-7-9-15(14)24-5/h6-9,12H,1-5H3,(H,22,23)/t12-/m0/s1. The van der Waals surface area contributed by atoms with Crippen LogP contribution in [0.15, 0.2) is 34.2 Å². The zero-order chi connectivity index (χ0) is 18.8. The van der Waals surface area contributed by atoms with Gasteiger partial charge in [0, 0.05) is 15.2 Å². The Balaban J connectivity index is 1.84. The number of amides is 1. The quantitative estimate of drug-likeness (QED) is 0.453. The maximum absolute atomic E-state index is 12.7. The molecule has 2 aromatic heterocycles. The third-order valence-corrected chi connectivity index (χ3v) is 7.11. The number of thioether (sulfide) groups is 2. The summed E-state index contributed by atoms with van der Waals surface area (Å²) in [6, 6.07) is 7.84. The summed E-state index contributed by atoms with van der Waals surface area (Å²) in [7, 11) is 0. The fourth-order valence-electron chi connectivity index (χ4n) is 2.60. The maximum Gasteiger partial charge on any atom is 0.237 e. The molecule has 0 unspecified atom stereocenters. The maximum atomic E-state index is 12.7. The van der Waals surface area contributed by atoms with Gasteiger partial charge in [-0.2, -0.15) is 0 Å². The van der Waals surface area contributed by atoms with Gasteiger partial charge in [0.25, 0.3) is 0 Å². The van der Waals surface area contributed by atoms with E-state index in [2.05, 4.69) is 29.1 Å². The van der Waals surface area contributed by atoms with Crippen LogP contribution in [0.1, 0.15) is 23.2 Å². The summed E-state index contributed by atoms with van der Waals surface area (Å²) >= 11 is 4.80. The summed E-state index contributed by atoms with van der Waals surface area (Å²) < 4.78 is 0. The summed E-state index contributed by atoms with van der Waals surface area (Å²) in [5.41, 5.74) is 2.05. The Hall–Kier alpha value is -1.57. The number of rotatable bonds is 5. The van der Waals surface area contributed by atoms with Crippen molar-refractivity contribution in [3.8, 4) is 0 Å². The Labute approximate surface area is 166 Å². The minimum Gasteiger partial charge on any atom is -0.324 e. The minimum atomic E-state index is -0.262. The predicted molar refractivity (Wildman–Crippen MR) is 114 cm³/mol. The fourth-order valence-corrected chi connectivity index (χ4v) is 5.35. The molecular weight excluding hydrogens is 382 g/mol. The summed E-state index contributed by atoms with van der Waals surface area (Å²) in [6.45, 7) is 8.00. The zero-order valence-electron chi connectivity index (χ0n) is 15.4. The molecule has 3 rings (SSSR count). The van der Waals surface area contributed by atoms with Gasteiger partial charge in [-0.15, -0.1) is 23.1 Å². The van der Waals surface area contributed by atoms with Gasteiger partial charge in [0.05, 0.1) is 10.9 Å². The van der Waals surface area contributed by atoms with Crippen LogP contribution in [0.2, 0.25) is 0 Å². The smallest absolute Gasteiger partial charge is 0.237 e. The van der Waals surface area contributed by atoms with E-state index >= 15 is 0 Å². The first-order valence-electron chi connectivity index (χ1n) is 8.25. The minimum absolute atomic E-state index is 0.0227. The molecule has 0 saturated heterocycles. The lowest BCUT2D eigenvalue weighted by molar-refractivity contribution is -0.115. The highest BCUT2D eigenvalue weighted by Gasteiger charge is 2.20. The molecule has 0 spiro atoms. The number of nitrogens with zero attached hydrogens (tertiary/aromatic N) is 2. The van der Waals surface area contributed by atoms with Gasteiger partial charge in [-0.05, 0) is 51.6 Å². The van der Waals surface area contributed by atoms with Crippen molar-refractivity contribution in [2.45, 2.75) is 42.9 Å². The number of carbonyl (C=O) groups is 1. The molecule has 1 atom stereocenters. The van der Waals surface area contributed by atoms with E-state index in [0.29, 0.717) is 0 Å².